The lowest BCUT2D eigenvalue weighted by atomic mass is 10.1. The first kappa shape index (κ1) is 27.1. The highest BCUT2D eigenvalue weighted by molar-refractivity contribution is 8.14. The van der Waals surface area contributed by atoms with E-state index >= 15 is 0 Å². The minimum Gasteiger partial charge on any atom is -0.374 e. The fourth-order valence-corrected chi connectivity index (χ4v) is 7.50. The third-order valence-electron chi connectivity index (χ3n) is 4.45. The van der Waals surface area contributed by atoms with Gasteiger partial charge in [-0.1, -0.05) is 77.0 Å². The van der Waals surface area contributed by atoms with Crippen molar-refractivity contribution in [3.8, 4) is 0 Å². The Balaban J connectivity index is 4.00. The van der Waals surface area contributed by atoms with Crippen LogP contribution in [0.1, 0.15) is 98.8 Å². The lowest BCUT2D eigenvalue weighted by Gasteiger charge is -2.30. The van der Waals surface area contributed by atoms with Gasteiger partial charge in [0.1, 0.15) is 0 Å². The molecule has 1 atom stereocenters. The van der Waals surface area contributed by atoms with Crippen molar-refractivity contribution in [2.75, 3.05) is 19.8 Å². The van der Waals surface area contributed by atoms with Crippen LogP contribution >= 0.6 is 11.8 Å². The molecule has 0 aliphatic heterocycles. The first-order valence-electron chi connectivity index (χ1n) is 11.1. The summed E-state index contributed by atoms with van der Waals surface area (Å²) in [6, 6.07) is 0.691. The van der Waals surface area contributed by atoms with E-state index in [9.17, 15) is 4.79 Å². The van der Waals surface area contributed by atoms with Crippen LogP contribution in [-0.4, -0.2) is 39.0 Å². The molecule has 4 nitrogen and oxygen atoms in total. The van der Waals surface area contributed by atoms with Gasteiger partial charge in [0.25, 0.3) is 0 Å². The minimum absolute atomic E-state index is 0.160. The van der Waals surface area contributed by atoms with Crippen LogP contribution in [0.2, 0.25) is 6.04 Å². The number of hydrogen-bond donors (Lipinski definition) is 0. The predicted octanol–water partition coefficient (Wildman–Crippen LogP) is 6.60. The van der Waals surface area contributed by atoms with E-state index in [4.69, 9.17) is 13.3 Å². The number of carbonyl (C=O) groups excluding carboxylic acids is 1. The van der Waals surface area contributed by atoms with Gasteiger partial charge in [-0.25, -0.2) is 0 Å². The zero-order valence-corrected chi connectivity index (χ0v) is 20.3. The molecule has 0 aliphatic carbocycles. The average Bonchev–Trinajstić information content (AvgIpc) is 2.60. The number of carbonyl (C=O) groups is 1. The molecule has 0 N–H and O–H groups in total. The number of unbranched alkanes of at least 4 members (excludes halogenated alkanes) is 8. The summed E-state index contributed by atoms with van der Waals surface area (Å²) in [4.78, 5) is 12.3. The van der Waals surface area contributed by atoms with E-state index in [1.807, 2.05) is 20.8 Å². The summed E-state index contributed by atoms with van der Waals surface area (Å²) < 4.78 is 17.7. The van der Waals surface area contributed by atoms with Crippen LogP contribution in [0.4, 0.5) is 0 Å². The molecule has 0 rings (SSSR count). The predicted molar refractivity (Wildman–Crippen MR) is 119 cm³/mol. The molecule has 0 spiro atoms. The van der Waals surface area contributed by atoms with Gasteiger partial charge in [0.15, 0.2) is 5.12 Å². The molecule has 0 radical (unpaired) electrons. The average molecular weight is 421 g/mol. The molecule has 0 fully saturated rings. The van der Waals surface area contributed by atoms with Crippen LogP contribution < -0.4 is 0 Å². The van der Waals surface area contributed by atoms with Gasteiger partial charge >= 0.3 is 8.80 Å². The lowest BCUT2D eigenvalue weighted by Crippen LogP contribution is -2.47. The van der Waals surface area contributed by atoms with Crippen molar-refractivity contribution in [2.45, 2.75) is 110 Å². The quantitative estimate of drug-likeness (QED) is 0.174. The fourth-order valence-electron chi connectivity index (χ4n) is 3.22. The van der Waals surface area contributed by atoms with Gasteiger partial charge in [0, 0.05) is 37.5 Å². The largest absolute Gasteiger partial charge is 0.502 e. The Hall–Kier alpha value is 0.117. The van der Waals surface area contributed by atoms with Gasteiger partial charge in [-0.2, -0.15) is 0 Å². The topological polar surface area (TPSA) is 44.8 Å². The Morgan fingerprint density at radius 1 is 0.778 bits per heavy atom. The Labute approximate surface area is 173 Å². The molecule has 0 saturated heterocycles. The first-order valence-corrected chi connectivity index (χ1v) is 14.0. The second-order valence-electron chi connectivity index (χ2n) is 7.07. The normalized spacial score (nSPS) is 13.1. The first-order chi connectivity index (χ1) is 13.0. The third-order valence-corrected chi connectivity index (χ3v) is 9.08. The van der Waals surface area contributed by atoms with Crippen LogP contribution in [0.15, 0.2) is 0 Å². The van der Waals surface area contributed by atoms with E-state index in [1.54, 1.807) is 0 Å². The maximum Gasteiger partial charge on any atom is 0.502 e. The molecule has 1 unspecified atom stereocenters. The van der Waals surface area contributed by atoms with Gasteiger partial charge in [-0.05, 0) is 27.2 Å². The van der Waals surface area contributed by atoms with E-state index < -0.39 is 8.80 Å². The molecule has 0 saturated carbocycles. The Morgan fingerprint density at radius 2 is 1.22 bits per heavy atom. The minimum atomic E-state index is -2.66. The van der Waals surface area contributed by atoms with E-state index in [0.717, 1.165) is 6.42 Å². The Morgan fingerprint density at radius 3 is 1.67 bits per heavy atom. The van der Waals surface area contributed by atoms with Gasteiger partial charge < -0.3 is 13.3 Å². The van der Waals surface area contributed by atoms with E-state index in [0.29, 0.717) is 32.3 Å². The van der Waals surface area contributed by atoms with Crippen molar-refractivity contribution < 1.29 is 18.1 Å². The molecule has 162 valence electrons. The molecule has 0 bridgehead atoms. The van der Waals surface area contributed by atoms with Crippen LogP contribution in [-0.2, 0) is 18.1 Å². The van der Waals surface area contributed by atoms with Gasteiger partial charge in [0.05, 0.1) is 0 Å². The molecule has 27 heavy (non-hydrogen) atoms. The summed E-state index contributed by atoms with van der Waals surface area (Å²) in [5.74, 6) is 0. The Kier molecular flexibility index (Phi) is 18.2. The van der Waals surface area contributed by atoms with Crippen LogP contribution in [0, 0.1) is 0 Å². The highest BCUT2D eigenvalue weighted by Crippen LogP contribution is 2.27. The van der Waals surface area contributed by atoms with Gasteiger partial charge in [0.2, 0.25) is 0 Å². The summed E-state index contributed by atoms with van der Waals surface area (Å²) >= 11 is 1.44. The molecule has 0 aromatic carbocycles. The number of thioether (sulfide) groups is 1. The summed E-state index contributed by atoms with van der Waals surface area (Å²) in [5, 5.41) is 0.449. The summed E-state index contributed by atoms with van der Waals surface area (Å²) in [5.41, 5.74) is 0. The van der Waals surface area contributed by atoms with Crippen LogP contribution in [0.25, 0.3) is 0 Å². The molecule has 0 aliphatic rings. The number of hydrogen-bond acceptors (Lipinski definition) is 5. The number of rotatable bonds is 19. The third kappa shape index (κ3) is 14.7. The molecule has 6 heteroatoms. The SMILES string of the molecule is CCCCCCCCCCCC(=O)SC(C)C[Si](OCC)(OCC)OCC. The highest BCUT2D eigenvalue weighted by atomic mass is 32.2. The van der Waals surface area contributed by atoms with Crippen LogP contribution in [0.3, 0.4) is 0 Å². The second-order valence-corrected chi connectivity index (χ2v) is 11.2. The molecule has 0 amide bonds. The van der Waals surface area contributed by atoms with Crippen LogP contribution in [0.5, 0.6) is 0 Å². The second kappa shape index (κ2) is 18.2. The lowest BCUT2D eigenvalue weighted by molar-refractivity contribution is -0.111. The van der Waals surface area contributed by atoms with E-state index in [2.05, 4.69) is 13.8 Å². The van der Waals surface area contributed by atoms with Gasteiger partial charge in [-0.3, -0.25) is 4.79 Å². The summed E-state index contributed by atoms with van der Waals surface area (Å²) in [6.45, 7) is 12.0. The molecular formula is C21H44O4SSi. The molecule has 0 heterocycles. The van der Waals surface area contributed by atoms with Crippen molar-refractivity contribution in [2.24, 2.45) is 0 Å². The molecule has 0 aromatic heterocycles. The maximum atomic E-state index is 12.3. The van der Waals surface area contributed by atoms with Crippen molar-refractivity contribution >= 4 is 25.7 Å². The van der Waals surface area contributed by atoms with E-state index in [1.165, 1.54) is 63.1 Å². The van der Waals surface area contributed by atoms with Crippen molar-refractivity contribution in [1.82, 2.24) is 0 Å². The molecular weight excluding hydrogens is 376 g/mol. The fraction of sp³-hybridized carbons (Fsp3) is 0.952. The van der Waals surface area contributed by atoms with E-state index in [-0.39, 0.29) is 10.4 Å². The summed E-state index contributed by atoms with van der Waals surface area (Å²) in [6.07, 6.45) is 12.2. The van der Waals surface area contributed by atoms with Gasteiger partial charge in [-0.15, -0.1) is 0 Å². The van der Waals surface area contributed by atoms with Crippen molar-refractivity contribution in [3.05, 3.63) is 0 Å². The molecule has 0 aromatic rings. The standard InChI is InChI=1S/C21H44O4SSi/c1-6-10-11-12-13-14-15-16-17-18-21(22)26-20(5)19-27(23-7-2,24-8-3)25-9-4/h20H,6-19H2,1-5H3. The zero-order valence-electron chi connectivity index (χ0n) is 18.5. The van der Waals surface area contributed by atoms with Crippen molar-refractivity contribution in [3.63, 3.8) is 0 Å². The van der Waals surface area contributed by atoms with Crippen molar-refractivity contribution in [1.29, 1.82) is 0 Å². The zero-order chi connectivity index (χ0) is 20.4. The maximum absolute atomic E-state index is 12.3. The smallest absolute Gasteiger partial charge is 0.374 e. The highest BCUT2D eigenvalue weighted by Gasteiger charge is 2.42. The monoisotopic (exact) mass is 420 g/mol. The Bertz CT molecular complexity index is 338. The summed E-state index contributed by atoms with van der Waals surface area (Å²) in [7, 11) is -2.66.